The molecule has 218 valence electrons. The fourth-order valence-corrected chi connectivity index (χ4v) is 5.27. The van der Waals surface area contributed by atoms with Gasteiger partial charge in [0.05, 0.1) is 0 Å². The van der Waals surface area contributed by atoms with Crippen molar-refractivity contribution in [1.82, 2.24) is 25.3 Å². The molecule has 41 heavy (non-hydrogen) atoms. The van der Waals surface area contributed by atoms with Gasteiger partial charge in [-0.3, -0.25) is 0 Å². The smallest absolute Gasteiger partial charge is 0.663 e. The second-order valence-corrected chi connectivity index (χ2v) is 13.2. The van der Waals surface area contributed by atoms with Gasteiger partial charge in [0.15, 0.2) is 0 Å². The molecule has 1 fully saturated rings. The van der Waals surface area contributed by atoms with Crippen LogP contribution in [-0.4, -0.2) is 27.3 Å². The van der Waals surface area contributed by atoms with Crippen LogP contribution in [0.15, 0.2) is 48.5 Å². The van der Waals surface area contributed by atoms with Crippen LogP contribution in [-0.2, 0) is 52.6 Å². The summed E-state index contributed by atoms with van der Waals surface area (Å²) in [6, 6.07) is 17.2. The summed E-state index contributed by atoms with van der Waals surface area (Å²) in [5, 5.41) is 2.75. The minimum absolute atomic E-state index is 0. The van der Waals surface area contributed by atoms with Gasteiger partial charge in [0.1, 0.15) is 0 Å². The maximum Gasteiger partial charge on any atom is 4.00 e. The van der Waals surface area contributed by atoms with Crippen LogP contribution >= 0.6 is 0 Å². The minimum atomic E-state index is -0.295. The van der Waals surface area contributed by atoms with E-state index in [0.29, 0.717) is 0 Å². The average molecular weight is 633 g/mol. The van der Waals surface area contributed by atoms with E-state index in [-0.39, 0.29) is 47.9 Å². The Bertz CT molecular complexity index is 1100. The number of hydrogen-bond donors (Lipinski definition) is 1. The average Bonchev–Trinajstić information content (AvgIpc) is 3.73. The van der Waals surface area contributed by atoms with Crippen molar-refractivity contribution >= 4 is 0 Å². The number of hydrogen-bond acceptors (Lipinski definition) is 2. The summed E-state index contributed by atoms with van der Waals surface area (Å²) in [6.07, 6.45) is 2.56. The van der Waals surface area contributed by atoms with Crippen LogP contribution in [0.25, 0.3) is 0 Å². The Balaban J connectivity index is 0.000000451. The summed E-state index contributed by atoms with van der Waals surface area (Å²) in [6.45, 7) is 19.6. The SMILES string of the molecule is C1CCOC1.CC1(C)c2ccc([n-]2)C(C)(C)c2ccc([n-]2)C(C)(C)c2ccc([n-]2)C(C)(C)c2ccc1[n-]2.CNC.[Zr+4]. The Morgan fingerprint density at radius 3 is 0.756 bits per heavy atom. The molecule has 0 radical (unpaired) electrons. The van der Waals surface area contributed by atoms with Crippen LogP contribution < -0.4 is 25.3 Å². The summed E-state index contributed by atoms with van der Waals surface area (Å²) in [5.74, 6) is 0. The summed E-state index contributed by atoms with van der Waals surface area (Å²) in [7, 11) is 3.75. The Morgan fingerprint density at radius 1 is 0.463 bits per heavy atom. The van der Waals surface area contributed by atoms with Crippen LogP contribution in [0.1, 0.15) is 114 Å². The van der Waals surface area contributed by atoms with E-state index >= 15 is 0 Å². The van der Waals surface area contributed by atoms with Gasteiger partial charge in [-0.1, -0.05) is 104 Å². The fourth-order valence-electron chi connectivity index (χ4n) is 5.27. The van der Waals surface area contributed by atoms with Gasteiger partial charge in [-0.2, -0.15) is 45.6 Å². The molecule has 0 amide bonds. The van der Waals surface area contributed by atoms with Crippen molar-refractivity contribution in [2.45, 2.75) is 89.9 Å². The predicted molar refractivity (Wildman–Crippen MR) is 163 cm³/mol. The van der Waals surface area contributed by atoms with E-state index in [0.717, 1.165) is 58.8 Å². The van der Waals surface area contributed by atoms with E-state index in [1.165, 1.54) is 12.8 Å². The molecule has 1 saturated heterocycles. The molecule has 0 aromatic carbocycles. The molecule has 0 saturated carbocycles. The Hall–Kier alpha value is -2.08. The maximum absolute atomic E-state index is 5.10. The van der Waals surface area contributed by atoms with Crippen molar-refractivity contribution in [2.24, 2.45) is 0 Å². The molecule has 1 N–H and O–H groups in total. The van der Waals surface area contributed by atoms with Gasteiger partial charge in [-0.05, 0) is 48.6 Å². The Kier molecular flexibility index (Phi) is 10.3. The minimum Gasteiger partial charge on any atom is -0.663 e. The molecule has 0 atom stereocenters. The molecular weight excluding hydrogens is 586 g/mol. The maximum atomic E-state index is 5.10. The quantitative estimate of drug-likeness (QED) is 0.266. The van der Waals surface area contributed by atoms with Crippen LogP contribution in [0.4, 0.5) is 0 Å². The van der Waals surface area contributed by atoms with Crippen LogP contribution in [0, 0.1) is 0 Å². The van der Waals surface area contributed by atoms with Gasteiger partial charge in [0.25, 0.3) is 0 Å². The van der Waals surface area contributed by atoms with Crippen molar-refractivity contribution < 1.29 is 30.9 Å². The molecule has 4 aromatic heterocycles. The van der Waals surface area contributed by atoms with Gasteiger partial charge in [-0.25, -0.2) is 0 Å². The van der Waals surface area contributed by atoms with Crippen molar-refractivity contribution in [3.05, 3.63) is 94.1 Å². The third-order valence-corrected chi connectivity index (χ3v) is 8.51. The molecular formula is C34H47N5OZr. The van der Waals surface area contributed by atoms with E-state index < -0.39 is 0 Å². The standard InChI is InChI=1S/C28H32N4.C4H8O.C2H7N.Zr/c1-25(2)17-9-11-19(29-17)26(3,4)21-13-15-23(31-21)28(7,8)24-16-14-22(32-24)27(5,6)20-12-10-18(25)30-20;1-2-4-5-3-1;1-3-2;/h9-16H,1-8H3;1-4H2;3H,1-2H3;/q-4;;;+4. The van der Waals surface area contributed by atoms with E-state index in [1.54, 1.807) is 0 Å². The zero-order valence-corrected chi connectivity index (χ0v) is 29.1. The molecule has 0 spiro atoms. The fraction of sp³-hybridized carbons (Fsp3) is 0.529. The Labute approximate surface area is 266 Å². The normalized spacial score (nSPS) is 19.2. The van der Waals surface area contributed by atoms with Crippen LogP contribution in [0.2, 0.25) is 0 Å². The molecule has 2 aliphatic heterocycles. The topological polar surface area (TPSA) is 77.7 Å². The summed E-state index contributed by atoms with van der Waals surface area (Å²) in [5.41, 5.74) is 7.12. The first-order valence-corrected chi connectivity index (χ1v) is 14.5. The van der Waals surface area contributed by atoms with Crippen molar-refractivity contribution in [3.63, 3.8) is 0 Å². The van der Waals surface area contributed by atoms with Gasteiger partial charge in [-0.15, -0.1) is 0 Å². The molecule has 8 bridgehead atoms. The number of ether oxygens (including phenoxy) is 1. The van der Waals surface area contributed by atoms with Crippen molar-refractivity contribution in [2.75, 3.05) is 27.3 Å². The second-order valence-electron chi connectivity index (χ2n) is 13.2. The van der Waals surface area contributed by atoms with E-state index in [1.807, 2.05) is 14.1 Å². The zero-order valence-electron chi connectivity index (χ0n) is 26.6. The van der Waals surface area contributed by atoms with Gasteiger partial charge >= 0.3 is 26.2 Å². The number of nitrogens with zero attached hydrogens (tertiary/aromatic N) is 4. The summed E-state index contributed by atoms with van der Waals surface area (Å²) in [4.78, 5) is 20.4. The molecule has 0 unspecified atom stereocenters. The van der Waals surface area contributed by atoms with E-state index in [4.69, 9.17) is 24.7 Å². The first-order chi connectivity index (χ1) is 18.8. The van der Waals surface area contributed by atoms with Crippen LogP contribution in [0.3, 0.4) is 0 Å². The molecule has 6 rings (SSSR count). The molecule has 6 nitrogen and oxygen atoms in total. The monoisotopic (exact) mass is 631 g/mol. The van der Waals surface area contributed by atoms with Gasteiger partial charge < -0.3 is 30.0 Å². The van der Waals surface area contributed by atoms with Crippen molar-refractivity contribution in [3.8, 4) is 0 Å². The molecule has 2 aliphatic rings. The first kappa shape index (κ1) is 33.4. The number of aromatic nitrogens is 4. The summed E-state index contributed by atoms with van der Waals surface area (Å²) >= 11 is 0. The van der Waals surface area contributed by atoms with E-state index in [2.05, 4.69) is 109 Å². The molecule has 7 heteroatoms. The summed E-state index contributed by atoms with van der Waals surface area (Å²) < 4.78 is 4.94. The second kappa shape index (κ2) is 12.7. The third kappa shape index (κ3) is 6.48. The Morgan fingerprint density at radius 2 is 0.634 bits per heavy atom. The van der Waals surface area contributed by atoms with Crippen molar-refractivity contribution in [1.29, 1.82) is 0 Å². The number of nitrogens with one attached hydrogen (secondary N) is 1. The first-order valence-electron chi connectivity index (χ1n) is 14.5. The zero-order chi connectivity index (χ0) is 29.3. The van der Waals surface area contributed by atoms with Crippen LogP contribution in [0.5, 0.6) is 0 Å². The largest absolute Gasteiger partial charge is 4.00 e. The number of rotatable bonds is 0. The third-order valence-electron chi connectivity index (χ3n) is 8.51. The van der Waals surface area contributed by atoms with E-state index in [9.17, 15) is 0 Å². The molecule has 4 aromatic rings. The molecule has 0 aliphatic carbocycles. The predicted octanol–water partition coefficient (Wildman–Crippen LogP) is 5.76. The van der Waals surface area contributed by atoms with Gasteiger partial charge in [0, 0.05) is 13.2 Å². The molecule has 6 heterocycles. The number of fused-ring (bicyclic) bond motifs is 8. The van der Waals surface area contributed by atoms with Gasteiger partial charge in [0.2, 0.25) is 0 Å².